The molecule has 2 aromatic heterocycles. The number of aromatic nitrogens is 2. The van der Waals surface area contributed by atoms with E-state index in [2.05, 4.69) is 5.10 Å². The lowest BCUT2D eigenvalue weighted by Gasteiger charge is -1.95. The Morgan fingerprint density at radius 1 is 1.60 bits per heavy atom. The molecule has 0 amide bonds. The molecule has 6 heteroatoms. The predicted molar refractivity (Wildman–Crippen MR) is 56.0 cm³/mol. The smallest absolute Gasteiger partial charge is 0.325 e. The first-order valence-corrected chi connectivity index (χ1v) is 5.10. The number of nitrogens with zero attached hydrogens (tertiary/aromatic N) is 1. The van der Waals surface area contributed by atoms with Gasteiger partial charge in [-0.1, -0.05) is 6.07 Å². The minimum Gasteiger partial charge on any atom is -0.480 e. The first kappa shape index (κ1) is 9.72. The summed E-state index contributed by atoms with van der Waals surface area (Å²) in [6.07, 6.45) is 0. The van der Waals surface area contributed by atoms with Crippen LogP contribution in [0.15, 0.2) is 28.4 Å². The number of hydrogen-bond acceptors (Lipinski definition) is 3. The van der Waals surface area contributed by atoms with Gasteiger partial charge in [0.25, 0.3) is 5.56 Å². The predicted octanol–water partition coefficient (Wildman–Crippen LogP) is 0.990. The maximum absolute atomic E-state index is 11.3. The Hall–Kier alpha value is -1.82. The fraction of sp³-hybridized carbons (Fsp3) is 0.111. The maximum atomic E-state index is 11.3. The van der Waals surface area contributed by atoms with E-state index >= 15 is 0 Å². The number of thiophene rings is 1. The Bertz CT molecular complexity index is 524. The molecule has 5 nitrogen and oxygen atoms in total. The molecule has 0 aliphatic heterocycles. The van der Waals surface area contributed by atoms with Crippen molar-refractivity contribution in [2.45, 2.75) is 6.54 Å². The van der Waals surface area contributed by atoms with Crippen molar-refractivity contribution in [1.29, 1.82) is 0 Å². The standard InChI is InChI=1S/C9H8N2O3S/c12-8-4-6(7-2-1-3-15-7)10-11(8)5-9(13)14/h1-4,10H,5H2,(H,13,14). The van der Waals surface area contributed by atoms with Gasteiger partial charge in [-0.05, 0) is 11.4 Å². The number of aliphatic carboxylic acids is 1. The van der Waals surface area contributed by atoms with Crippen LogP contribution in [0.5, 0.6) is 0 Å². The number of rotatable bonds is 3. The molecule has 0 saturated carbocycles. The SMILES string of the molecule is O=C(O)Cn1[nH]c(-c2cccs2)cc1=O. The van der Waals surface area contributed by atoms with Crippen LogP contribution in [0.2, 0.25) is 0 Å². The Labute approximate surface area is 88.6 Å². The molecule has 0 saturated heterocycles. The van der Waals surface area contributed by atoms with Crippen LogP contribution in [0, 0.1) is 0 Å². The highest BCUT2D eigenvalue weighted by Gasteiger charge is 2.07. The van der Waals surface area contributed by atoms with Gasteiger partial charge in [-0.3, -0.25) is 14.7 Å². The summed E-state index contributed by atoms with van der Waals surface area (Å²) in [6.45, 7) is -0.343. The number of carboxylic acid groups (broad SMARTS) is 1. The average molecular weight is 224 g/mol. The lowest BCUT2D eigenvalue weighted by Crippen LogP contribution is -2.20. The molecule has 2 heterocycles. The number of aromatic amines is 1. The van der Waals surface area contributed by atoms with E-state index in [1.165, 1.54) is 17.4 Å². The zero-order valence-corrected chi connectivity index (χ0v) is 8.45. The third-order valence-electron chi connectivity index (χ3n) is 1.87. The highest BCUT2D eigenvalue weighted by molar-refractivity contribution is 7.13. The molecular weight excluding hydrogens is 216 g/mol. The number of H-pyrrole nitrogens is 1. The Morgan fingerprint density at radius 2 is 2.40 bits per heavy atom. The first-order valence-electron chi connectivity index (χ1n) is 4.22. The highest BCUT2D eigenvalue weighted by Crippen LogP contribution is 2.20. The zero-order chi connectivity index (χ0) is 10.8. The van der Waals surface area contributed by atoms with E-state index in [1.807, 2.05) is 17.5 Å². The fourth-order valence-corrected chi connectivity index (χ4v) is 1.94. The second-order valence-corrected chi connectivity index (χ2v) is 3.91. The normalized spacial score (nSPS) is 10.4. The van der Waals surface area contributed by atoms with Crippen LogP contribution in [0.3, 0.4) is 0 Å². The van der Waals surface area contributed by atoms with Crippen molar-refractivity contribution in [2.24, 2.45) is 0 Å². The van der Waals surface area contributed by atoms with Gasteiger partial charge in [-0.15, -0.1) is 11.3 Å². The summed E-state index contributed by atoms with van der Waals surface area (Å²) in [7, 11) is 0. The van der Waals surface area contributed by atoms with Crippen LogP contribution in [0.1, 0.15) is 0 Å². The Kier molecular flexibility index (Phi) is 2.42. The Balaban J connectivity index is 2.37. The molecule has 78 valence electrons. The van der Waals surface area contributed by atoms with Gasteiger partial charge >= 0.3 is 5.97 Å². The lowest BCUT2D eigenvalue weighted by molar-refractivity contribution is -0.137. The van der Waals surface area contributed by atoms with Crippen molar-refractivity contribution in [3.63, 3.8) is 0 Å². The molecule has 0 fully saturated rings. The van der Waals surface area contributed by atoms with Crippen molar-refractivity contribution in [1.82, 2.24) is 9.78 Å². The summed E-state index contributed by atoms with van der Waals surface area (Å²) >= 11 is 1.49. The average Bonchev–Trinajstić information content (AvgIpc) is 2.75. The van der Waals surface area contributed by atoms with E-state index in [9.17, 15) is 9.59 Å². The summed E-state index contributed by atoms with van der Waals surface area (Å²) in [5, 5.41) is 13.2. The topological polar surface area (TPSA) is 75.1 Å². The number of hydrogen-bond donors (Lipinski definition) is 2. The molecule has 2 N–H and O–H groups in total. The van der Waals surface area contributed by atoms with Gasteiger partial charge in [-0.2, -0.15) is 0 Å². The van der Waals surface area contributed by atoms with E-state index in [1.54, 1.807) is 0 Å². The molecule has 2 rings (SSSR count). The maximum Gasteiger partial charge on any atom is 0.325 e. The number of nitrogens with one attached hydrogen (secondary N) is 1. The van der Waals surface area contributed by atoms with Gasteiger partial charge < -0.3 is 5.11 Å². The Morgan fingerprint density at radius 3 is 3.00 bits per heavy atom. The van der Waals surface area contributed by atoms with Gasteiger partial charge in [-0.25, -0.2) is 4.68 Å². The monoisotopic (exact) mass is 224 g/mol. The molecular formula is C9H8N2O3S. The van der Waals surface area contributed by atoms with E-state index in [-0.39, 0.29) is 12.1 Å². The molecule has 0 radical (unpaired) electrons. The molecule has 0 aromatic carbocycles. The molecule has 15 heavy (non-hydrogen) atoms. The second-order valence-electron chi connectivity index (χ2n) is 2.97. The van der Waals surface area contributed by atoms with Crippen LogP contribution >= 0.6 is 11.3 Å². The van der Waals surface area contributed by atoms with E-state index in [0.29, 0.717) is 5.69 Å². The summed E-state index contributed by atoms with van der Waals surface area (Å²) in [5.41, 5.74) is 0.317. The molecule has 0 atom stereocenters. The molecule has 0 spiro atoms. The summed E-state index contributed by atoms with van der Waals surface area (Å²) in [5.74, 6) is -1.04. The fourth-order valence-electron chi connectivity index (χ4n) is 1.24. The van der Waals surface area contributed by atoms with Crippen molar-refractivity contribution in [2.75, 3.05) is 0 Å². The van der Waals surface area contributed by atoms with Crippen molar-refractivity contribution < 1.29 is 9.90 Å². The zero-order valence-electron chi connectivity index (χ0n) is 7.64. The third kappa shape index (κ3) is 1.99. The molecule has 2 aromatic rings. The summed E-state index contributed by atoms with van der Waals surface area (Å²) in [4.78, 5) is 22.7. The van der Waals surface area contributed by atoms with Gasteiger partial charge in [0.2, 0.25) is 0 Å². The highest BCUT2D eigenvalue weighted by atomic mass is 32.1. The van der Waals surface area contributed by atoms with Crippen LogP contribution in [-0.2, 0) is 11.3 Å². The van der Waals surface area contributed by atoms with E-state index in [4.69, 9.17) is 5.11 Å². The molecule has 0 aliphatic rings. The molecule has 0 unspecified atom stereocenters. The number of carbonyl (C=O) groups is 1. The van der Waals surface area contributed by atoms with Gasteiger partial charge in [0.15, 0.2) is 0 Å². The third-order valence-corrected chi connectivity index (χ3v) is 2.77. The van der Waals surface area contributed by atoms with E-state index < -0.39 is 5.97 Å². The van der Waals surface area contributed by atoms with Crippen LogP contribution < -0.4 is 5.56 Å². The lowest BCUT2D eigenvalue weighted by atomic mass is 10.3. The molecule has 0 bridgehead atoms. The second kappa shape index (κ2) is 3.74. The van der Waals surface area contributed by atoms with Crippen molar-refractivity contribution in [3.05, 3.63) is 33.9 Å². The van der Waals surface area contributed by atoms with Gasteiger partial charge in [0, 0.05) is 6.07 Å². The molecule has 0 aliphatic carbocycles. The van der Waals surface area contributed by atoms with Crippen LogP contribution in [-0.4, -0.2) is 20.9 Å². The summed E-state index contributed by atoms with van der Waals surface area (Å²) in [6, 6.07) is 5.13. The van der Waals surface area contributed by atoms with Crippen molar-refractivity contribution >= 4 is 17.3 Å². The first-order chi connectivity index (χ1) is 7.16. The van der Waals surface area contributed by atoms with Crippen molar-refractivity contribution in [3.8, 4) is 10.6 Å². The minimum atomic E-state index is -1.04. The van der Waals surface area contributed by atoms with Crippen LogP contribution in [0.25, 0.3) is 10.6 Å². The summed E-state index contributed by atoms with van der Waals surface area (Å²) < 4.78 is 1.07. The van der Waals surface area contributed by atoms with E-state index in [0.717, 1.165) is 9.56 Å². The largest absolute Gasteiger partial charge is 0.480 e. The van der Waals surface area contributed by atoms with Gasteiger partial charge in [0.05, 0.1) is 10.6 Å². The minimum absolute atomic E-state index is 0.333. The van der Waals surface area contributed by atoms with Crippen LogP contribution in [0.4, 0.5) is 0 Å². The number of carboxylic acids is 1. The van der Waals surface area contributed by atoms with Gasteiger partial charge in [0.1, 0.15) is 6.54 Å². The quantitative estimate of drug-likeness (QED) is 0.816.